The van der Waals surface area contributed by atoms with Crippen LogP contribution in [0, 0.1) is 0 Å². The lowest BCUT2D eigenvalue weighted by molar-refractivity contribution is -0.119. The van der Waals surface area contributed by atoms with E-state index in [0.29, 0.717) is 0 Å². The Kier molecular flexibility index (Phi) is 6.58. The smallest absolute Gasteiger partial charge is 0.286 e. The molecule has 114 valence electrons. The van der Waals surface area contributed by atoms with Crippen molar-refractivity contribution in [3.8, 4) is 0 Å². The number of hydrogen-bond acceptors (Lipinski definition) is 3. The number of carbonyl (C=O) groups is 2. The minimum absolute atomic E-state index is 0.118. The number of rotatable bonds is 8. The van der Waals surface area contributed by atoms with Crippen LogP contribution < -0.4 is 5.32 Å². The van der Waals surface area contributed by atoms with Gasteiger partial charge in [-0.15, -0.1) is 0 Å². The lowest BCUT2D eigenvalue weighted by Crippen LogP contribution is -2.23. The van der Waals surface area contributed by atoms with Crippen LogP contribution in [0.15, 0.2) is 24.3 Å². The van der Waals surface area contributed by atoms with E-state index in [0.717, 1.165) is 42.5 Å². The Labute approximate surface area is 134 Å². The summed E-state index contributed by atoms with van der Waals surface area (Å²) in [7, 11) is 0. The molecule has 21 heavy (non-hydrogen) atoms. The minimum Gasteiger partial charge on any atom is -0.286 e. The van der Waals surface area contributed by atoms with Gasteiger partial charge in [-0.2, -0.15) is 0 Å². The summed E-state index contributed by atoms with van der Waals surface area (Å²) in [5, 5.41) is 2.75. The molecule has 1 unspecified atom stereocenters. The van der Waals surface area contributed by atoms with Crippen molar-refractivity contribution in [1.82, 2.24) is 5.32 Å². The van der Waals surface area contributed by atoms with Crippen LogP contribution in [0.3, 0.4) is 0 Å². The quantitative estimate of drug-likeness (QED) is 0.712. The molecule has 5 heteroatoms. The molecule has 1 aromatic carbocycles. The number of imide groups is 1. The molecule has 1 atom stereocenters. The third kappa shape index (κ3) is 5.71. The highest BCUT2D eigenvalue weighted by molar-refractivity contribution is 8.15. The fraction of sp³-hybridized carbons (Fsp3) is 0.500. The first kappa shape index (κ1) is 16.4. The monoisotopic (exact) mass is 325 g/mol. The van der Waals surface area contributed by atoms with Gasteiger partial charge in [-0.3, -0.25) is 14.9 Å². The predicted octanol–water partition coefficient (Wildman–Crippen LogP) is 4.57. The summed E-state index contributed by atoms with van der Waals surface area (Å²) in [6.07, 6.45) is 7.59. The zero-order chi connectivity index (χ0) is 15.1. The molecule has 0 bridgehead atoms. The van der Waals surface area contributed by atoms with Crippen molar-refractivity contribution in [3.05, 3.63) is 34.9 Å². The molecule has 0 radical (unpaired) electrons. The number of carbonyl (C=O) groups excluding carboxylic acids is 2. The van der Waals surface area contributed by atoms with Crippen molar-refractivity contribution in [1.29, 1.82) is 0 Å². The number of nitrogens with one attached hydrogen (secondary N) is 1. The molecule has 1 heterocycles. The molecule has 2 rings (SSSR count). The topological polar surface area (TPSA) is 46.2 Å². The Balaban J connectivity index is 1.49. The van der Waals surface area contributed by atoms with E-state index in [1.54, 1.807) is 0 Å². The van der Waals surface area contributed by atoms with Gasteiger partial charge in [0.2, 0.25) is 5.91 Å². The summed E-state index contributed by atoms with van der Waals surface area (Å²) in [4.78, 5) is 22.4. The lowest BCUT2D eigenvalue weighted by Gasteiger charge is -2.05. The second-order valence-electron chi connectivity index (χ2n) is 5.32. The number of hydrogen-bond donors (Lipinski definition) is 1. The first-order valence-electron chi connectivity index (χ1n) is 7.41. The van der Waals surface area contributed by atoms with E-state index in [-0.39, 0.29) is 16.4 Å². The molecule has 1 aliphatic rings. The van der Waals surface area contributed by atoms with Gasteiger partial charge in [0.1, 0.15) is 0 Å². The standard InChI is InChI=1S/C16H20ClNO2S/c17-13-10-8-12(9-11-13)6-4-2-1-3-5-7-14-15(19)18-16(20)21-14/h8-11,14H,1-7H2,(H,18,19,20). The average Bonchev–Trinajstić information content (AvgIpc) is 2.78. The first-order valence-corrected chi connectivity index (χ1v) is 8.67. The van der Waals surface area contributed by atoms with Crippen LogP contribution >= 0.6 is 23.4 Å². The number of amides is 2. The minimum atomic E-state index is -0.201. The summed E-state index contributed by atoms with van der Waals surface area (Å²) >= 11 is 6.98. The van der Waals surface area contributed by atoms with Crippen LogP contribution in [0.4, 0.5) is 4.79 Å². The fourth-order valence-electron chi connectivity index (χ4n) is 2.42. The Morgan fingerprint density at radius 1 is 1.00 bits per heavy atom. The summed E-state index contributed by atoms with van der Waals surface area (Å²) in [6.45, 7) is 0. The van der Waals surface area contributed by atoms with Gasteiger partial charge in [-0.05, 0) is 37.0 Å². The second-order valence-corrected chi connectivity index (χ2v) is 6.93. The fourth-order valence-corrected chi connectivity index (χ4v) is 3.42. The highest BCUT2D eigenvalue weighted by Gasteiger charge is 2.30. The predicted molar refractivity (Wildman–Crippen MR) is 87.8 cm³/mol. The van der Waals surface area contributed by atoms with E-state index in [4.69, 9.17) is 11.6 Å². The number of halogens is 1. The molecule has 1 N–H and O–H groups in total. The van der Waals surface area contributed by atoms with Crippen molar-refractivity contribution in [3.63, 3.8) is 0 Å². The van der Waals surface area contributed by atoms with Crippen molar-refractivity contribution >= 4 is 34.5 Å². The van der Waals surface area contributed by atoms with Crippen LogP contribution in [0.2, 0.25) is 5.02 Å². The van der Waals surface area contributed by atoms with Crippen LogP contribution in [0.1, 0.15) is 44.1 Å². The van der Waals surface area contributed by atoms with Crippen LogP contribution in [0.5, 0.6) is 0 Å². The van der Waals surface area contributed by atoms with E-state index in [2.05, 4.69) is 17.4 Å². The molecule has 0 aliphatic carbocycles. The van der Waals surface area contributed by atoms with Crippen molar-refractivity contribution in [2.75, 3.05) is 0 Å². The average molecular weight is 326 g/mol. The van der Waals surface area contributed by atoms with E-state index in [1.807, 2.05) is 12.1 Å². The maximum Gasteiger partial charge on any atom is 0.286 e. The number of aryl methyl sites for hydroxylation is 1. The molecule has 1 aromatic rings. The number of unbranched alkanes of at least 4 members (excludes halogenated alkanes) is 4. The molecule has 1 fully saturated rings. The third-order valence-corrected chi connectivity index (χ3v) is 4.91. The molecule has 0 spiro atoms. The molecule has 1 saturated heterocycles. The van der Waals surface area contributed by atoms with Gasteiger partial charge < -0.3 is 0 Å². The van der Waals surface area contributed by atoms with Gasteiger partial charge in [0.25, 0.3) is 5.24 Å². The molecule has 2 amide bonds. The highest BCUT2D eigenvalue weighted by atomic mass is 35.5. The molecular weight excluding hydrogens is 306 g/mol. The van der Waals surface area contributed by atoms with Gasteiger partial charge in [-0.25, -0.2) is 0 Å². The summed E-state index contributed by atoms with van der Waals surface area (Å²) < 4.78 is 0. The van der Waals surface area contributed by atoms with E-state index in [9.17, 15) is 9.59 Å². The largest absolute Gasteiger partial charge is 0.286 e. The van der Waals surface area contributed by atoms with Crippen molar-refractivity contribution < 1.29 is 9.59 Å². The van der Waals surface area contributed by atoms with Gasteiger partial charge in [0.15, 0.2) is 0 Å². The van der Waals surface area contributed by atoms with Crippen LogP contribution in [0.25, 0.3) is 0 Å². The van der Waals surface area contributed by atoms with E-state index >= 15 is 0 Å². The highest BCUT2D eigenvalue weighted by Crippen LogP contribution is 2.24. The van der Waals surface area contributed by atoms with E-state index in [1.165, 1.54) is 24.8 Å². The Morgan fingerprint density at radius 2 is 1.67 bits per heavy atom. The Bertz CT molecular complexity index is 490. The lowest BCUT2D eigenvalue weighted by atomic mass is 10.0. The van der Waals surface area contributed by atoms with Gasteiger partial charge >= 0.3 is 0 Å². The van der Waals surface area contributed by atoms with Crippen molar-refractivity contribution in [2.24, 2.45) is 0 Å². The summed E-state index contributed by atoms with van der Waals surface area (Å²) in [5.74, 6) is -0.118. The van der Waals surface area contributed by atoms with Crippen LogP contribution in [-0.2, 0) is 11.2 Å². The van der Waals surface area contributed by atoms with Crippen LogP contribution in [-0.4, -0.2) is 16.4 Å². The number of benzene rings is 1. The summed E-state index contributed by atoms with van der Waals surface area (Å²) in [5.41, 5.74) is 1.33. The second kappa shape index (κ2) is 8.44. The number of thioether (sulfide) groups is 1. The third-order valence-electron chi connectivity index (χ3n) is 3.61. The maximum atomic E-state index is 11.4. The van der Waals surface area contributed by atoms with Gasteiger partial charge in [-0.1, -0.05) is 61.2 Å². The first-order chi connectivity index (χ1) is 10.1. The molecule has 1 aliphatic heterocycles. The molecule has 3 nitrogen and oxygen atoms in total. The summed E-state index contributed by atoms with van der Waals surface area (Å²) in [6, 6.07) is 8.02. The van der Waals surface area contributed by atoms with Crippen molar-refractivity contribution in [2.45, 2.75) is 50.2 Å². The zero-order valence-electron chi connectivity index (χ0n) is 11.9. The Hall–Kier alpha value is -1.000. The SMILES string of the molecule is O=C1NC(=O)C(CCCCCCCc2ccc(Cl)cc2)S1. The van der Waals surface area contributed by atoms with E-state index < -0.39 is 0 Å². The zero-order valence-corrected chi connectivity index (χ0v) is 13.5. The Morgan fingerprint density at radius 3 is 2.33 bits per heavy atom. The molecular formula is C16H20ClNO2S. The molecule has 0 aromatic heterocycles. The normalized spacial score (nSPS) is 18.0. The molecule has 0 saturated carbocycles. The van der Waals surface area contributed by atoms with Gasteiger partial charge in [0.05, 0.1) is 5.25 Å². The maximum absolute atomic E-state index is 11.4. The van der Waals surface area contributed by atoms with Gasteiger partial charge in [0, 0.05) is 5.02 Å².